The molecule has 0 aliphatic heterocycles. The Morgan fingerprint density at radius 3 is 1.84 bits per heavy atom. The number of hydrogen-bond acceptors (Lipinski definition) is 1. The fourth-order valence-electron chi connectivity index (χ4n) is 3.16. The van der Waals surface area contributed by atoms with Crippen molar-refractivity contribution in [2.24, 2.45) is 5.92 Å². The molecule has 1 fully saturated rings. The van der Waals surface area contributed by atoms with E-state index in [9.17, 15) is 5.11 Å². The molecule has 19 heavy (non-hydrogen) atoms. The van der Waals surface area contributed by atoms with E-state index in [0.717, 1.165) is 30.4 Å². The van der Waals surface area contributed by atoms with Crippen LogP contribution in [0.25, 0.3) is 0 Å². The first kappa shape index (κ1) is 12.3. The molecule has 0 spiro atoms. The van der Waals surface area contributed by atoms with Crippen LogP contribution in [0, 0.1) is 12.3 Å². The second-order valence-electron chi connectivity index (χ2n) is 5.30. The van der Waals surface area contributed by atoms with Crippen molar-refractivity contribution in [3.05, 3.63) is 78.2 Å². The predicted octanol–water partition coefficient (Wildman–Crippen LogP) is 3.93. The third-order valence-electron chi connectivity index (χ3n) is 4.19. The van der Waals surface area contributed by atoms with Gasteiger partial charge in [-0.25, -0.2) is 0 Å². The van der Waals surface area contributed by atoms with Crippen LogP contribution in [0.4, 0.5) is 0 Å². The van der Waals surface area contributed by atoms with Gasteiger partial charge in [0, 0.05) is 5.92 Å². The van der Waals surface area contributed by atoms with Crippen LogP contribution < -0.4 is 0 Å². The Kier molecular flexibility index (Phi) is 3.31. The van der Waals surface area contributed by atoms with Crippen LogP contribution in [0.5, 0.6) is 0 Å². The Morgan fingerprint density at radius 1 is 0.895 bits per heavy atom. The summed E-state index contributed by atoms with van der Waals surface area (Å²) in [6.45, 7) is 0. The average molecular weight is 251 g/mol. The first-order chi connectivity index (χ1) is 9.32. The molecule has 1 N–H and O–H groups in total. The lowest BCUT2D eigenvalue weighted by molar-refractivity contribution is 0.0199. The smallest absolute Gasteiger partial charge is 0.122 e. The molecule has 0 amide bonds. The van der Waals surface area contributed by atoms with Gasteiger partial charge in [-0.15, -0.1) is 0 Å². The summed E-state index contributed by atoms with van der Waals surface area (Å²) >= 11 is 0. The molecule has 96 valence electrons. The van der Waals surface area contributed by atoms with E-state index in [1.807, 2.05) is 60.7 Å². The number of rotatable bonds is 3. The number of hydrogen-bond donors (Lipinski definition) is 1. The molecule has 0 aromatic heterocycles. The molecular formula is C18H19O+. The van der Waals surface area contributed by atoms with E-state index >= 15 is 0 Å². The number of benzene rings is 2. The van der Waals surface area contributed by atoms with Gasteiger partial charge in [0.15, 0.2) is 0 Å². The molecule has 0 unspecified atom stereocenters. The quantitative estimate of drug-likeness (QED) is 0.820. The van der Waals surface area contributed by atoms with Gasteiger partial charge < -0.3 is 5.11 Å². The highest BCUT2D eigenvalue weighted by Gasteiger charge is 2.44. The van der Waals surface area contributed by atoms with Crippen LogP contribution in [0.3, 0.4) is 0 Å². The van der Waals surface area contributed by atoms with Crippen molar-refractivity contribution < 1.29 is 5.11 Å². The largest absolute Gasteiger partial charge is 0.380 e. The van der Waals surface area contributed by atoms with Gasteiger partial charge in [-0.3, -0.25) is 0 Å². The zero-order valence-electron chi connectivity index (χ0n) is 11.0. The summed E-state index contributed by atoms with van der Waals surface area (Å²) in [5, 5.41) is 11.4. The molecular weight excluding hydrogens is 232 g/mol. The minimum absolute atomic E-state index is 0.275. The zero-order valence-corrected chi connectivity index (χ0v) is 11.0. The molecule has 1 aliphatic carbocycles. The lowest BCUT2D eigenvalue weighted by Gasteiger charge is -2.33. The Balaban J connectivity index is 2.10. The molecule has 2 aromatic carbocycles. The number of aliphatic hydroxyl groups is 1. The van der Waals surface area contributed by atoms with E-state index in [0.29, 0.717) is 0 Å². The lowest BCUT2D eigenvalue weighted by Crippen LogP contribution is -2.35. The van der Waals surface area contributed by atoms with Crippen molar-refractivity contribution in [1.29, 1.82) is 0 Å². The van der Waals surface area contributed by atoms with Gasteiger partial charge in [0.2, 0.25) is 0 Å². The van der Waals surface area contributed by atoms with E-state index in [1.54, 1.807) is 0 Å². The Hall–Kier alpha value is -1.73. The molecule has 1 heteroatoms. The topological polar surface area (TPSA) is 20.2 Å². The van der Waals surface area contributed by atoms with Gasteiger partial charge >= 0.3 is 0 Å². The third-order valence-corrected chi connectivity index (χ3v) is 4.19. The predicted molar refractivity (Wildman–Crippen MR) is 77.5 cm³/mol. The van der Waals surface area contributed by atoms with Gasteiger partial charge in [0.05, 0.1) is 19.3 Å². The summed E-state index contributed by atoms with van der Waals surface area (Å²) in [6, 6.07) is 20.1. The second-order valence-corrected chi connectivity index (χ2v) is 5.30. The molecule has 2 aromatic rings. The first-order valence-corrected chi connectivity index (χ1v) is 6.97. The third kappa shape index (κ3) is 2.15. The monoisotopic (exact) mass is 251 g/mol. The summed E-state index contributed by atoms with van der Waals surface area (Å²) in [5.41, 5.74) is 1.14. The molecule has 0 radical (unpaired) electrons. The van der Waals surface area contributed by atoms with Crippen molar-refractivity contribution in [2.75, 3.05) is 0 Å². The molecule has 3 rings (SSSR count). The normalized spacial score (nSPS) is 19.1. The summed E-state index contributed by atoms with van der Waals surface area (Å²) in [7, 11) is 0. The molecule has 0 saturated heterocycles. The van der Waals surface area contributed by atoms with Gasteiger partial charge in [-0.2, -0.15) is 0 Å². The summed E-state index contributed by atoms with van der Waals surface area (Å²) in [5.74, 6) is 0.275. The van der Waals surface area contributed by atoms with Gasteiger partial charge in [0.25, 0.3) is 0 Å². The van der Waals surface area contributed by atoms with E-state index in [1.165, 1.54) is 0 Å². The summed E-state index contributed by atoms with van der Waals surface area (Å²) in [4.78, 5) is 0. The van der Waals surface area contributed by atoms with Crippen LogP contribution in [-0.2, 0) is 5.60 Å². The summed E-state index contributed by atoms with van der Waals surface area (Å²) in [6.07, 6.45) is 5.44. The Bertz CT molecular complexity index is 472. The minimum Gasteiger partial charge on any atom is -0.380 e. The van der Waals surface area contributed by atoms with Crippen molar-refractivity contribution in [3.8, 4) is 0 Å². The fraction of sp³-hybridized carbons (Fsp3) is 0.278. The highest BCUT2D eigenvalue weighted by molar-refractivity contribution is 5.37. The van der Waals surface area contributed by atoms with E-state index in [4.69, 9.17) is 0 Å². The lowest BCUT2D eigenvalue weighted by atomic mass is 9.75. The maximum Gasteiger partial charge on any atom is 0.122 e. The van der Waals surface area contributed by atoms with Crippen LogP contribution in [0.15, 0.2) is 60.7 Å². The summed E-state index contributed by atoms with van der Waals surface area (Å²) < 4.78 is 0. The minimum atomic E-state index is -0.866. The van der Waals surface area contributed by atoms with E-state index < -0.39 is 5.60 Å². The van der Waals surface area contributed by atoms with Gasteiger partial charge in [-0.05, 0) is 17.5 Å². The SMILES string of the molecule is OC(c1ccccc1)(c1ccccc1)[C@@H]1C[CH+]CC1. The van der Waals surface area contributed by atoms with Crippen LogP contribution >= 0.6 is 0 Å². The van der Waals surface area contributed by atoms with Gasteiger partial charge in [0.1, 0.15) is 5.60 Å². The van der Waals surface area contributed by atoms with Crippen LogP contribution in [0.2, 0.25) is 0 Å². The molecule has 1 saturated carbocycles. The Morgan fingerprint density at radius 2 is 1.42 bits per heavy atom. The first-order valence-electron chi connectivity index (χ1n) is 6.97. The maximum atomic E-state index is 11.4. The van der Waals surface area contributed by atoms with Gasteiger partial charge in [-0.1, -0.05) is 60.7 Å². The fourth-order valence-corrected chi connectivity index (χ4v) is 3.16. The Labute approximate surface area is 114 Å². The highest BCUT2D eigenvalue weighted by Crippen LogP contribution is 2.44. The molecule has 1 nitrogen and oxygen atoms in total. The maximum absolute atomic E-state index is 11.4. The molecule has 0 bridgehead atoms. The molecule has 0 heterocycles. The molecule has 1 atom stereocenters. The van der Waals surface area contributed by atoms with Crippen LogP contribution in [-0.4, -0.2) is 5.11 Å². The van der Waals surface area contributed by atoms with Crippen molar-refractivity contribution in [2.45, 2.75) is 24.9 Å². The zero-order chi connectivity index (χ0) is 13.1. The second kappa shape index (κ2) is 5.10. The standard InChI is InChI=1S/C18H19O/c19-18(17-13-7-8-14-17,15-9-3-1-4-10-15)16-11-5-2-6-12-16/h1-7,9-12,17,19H,8,13-14H2/q+1/t17-/m1/s1. The van der Waals surface area contributed by atoms with Crippen LogP contribution in [0.1, 0.15) is 30.4 Å². The average Bonchev–Trinajstić information content (AvgIpc) is 3.03. The molecule has 1 aliphatic rings. The van der Waals surface area contributed by atoms with E-state index in [-0.39, 0.29) is 5.92 Å². The van der Waals surface area contributed by atoms with Crippen molar-refractivity contribution in [1.82, 2.24) is 0 Å². The highest BCUT2D eigenvalue weighted by atomic mass is 16.3. The van der Waals surface area contributed by atoms with E-state index in [2.05, 4.69) is 6.42 Å². The van der Waals surface area contributed by atoms with Crippen molar-refractivity contribution in [3.63, 3.8) is 0 Å². The van der Waals surface area contributed by atoms with Crippen molar-refractivity contribution >= 4 is 0 Å².